The maximum Gasteiger partial charge on any atom is 0.373 e. The molecule has 1 aliphatic heterocycles. The van der Waals surface area contributed by atoms with E-state index in [1.54, 1.807) is 0 Å². The van der Waals surface area contributed by atoms with Crippen LogP contribution in [0.2, 0.25) is 18.1 Å². The molecule has 160 valence electrons. The third-order valence-electron chi connectivity index (χ3n) is 5.56. The van der Waals surface area contributed by atoms with Crippen molar-refractivity contribution in [1.82, 2.24) is 0 Å². The Morgan fingerprint density at radius 2 is 2.00 bits per heavy atom. The number of carbonyl (C=O) groups is 1. The number of methoxy groups -OCH3 is 1. The van der Waals surface area contributed by atoms with Gasteiger partial charge in [0.15, 0.2) is 8.32 Å². The number of ether oxygens (including phenoxy) is 2. The molecule has 0 amide bonds. The highest BCUT2D eigenvalue weighted by molar-refractivity contribution is 6.74. The van der Waals surface area contributed by atoms with E-state index in [1.807, 2.05) is 13.1 Å². The van der Waals surface area contributed by atoms with Crippen molar-refractivity contribution in [2.45, 2.75) is 58.4 Å². The summed E-state index contributed by atoms with van der Waals surface area (Å²) in [5.41, 5.74) is -0.250. The lowest BCUT2D eigenvalue weighted by atomic mass is 9.95. The molecule has 29 heavy (non-hydrogen) atoms. The maximum absolute atomic E-state index is 15.1. The van der Waals surface area contributed by atoms with Crippen molar-refractivity contribution in [2.75, 3.05) is 13.7 Å². The highest BCUT2D eigenvalue weighted by atomic mass is 28.4. The second-order valence-corrected chi connectivity index (χ2v) is 13.3. The summed E-state index contributed by atoms with van der Waals surface area (Å²) < 4.78 is 31.2. The predicted molar refractivity (Wildman–Crippen MR) is 109 cm³/mol. The number of rotatable bonds is 6. The summed E-state index contributed by atoms with van der Waals surface area (Å²) in [5.74, 6) is -1.79. The zero-order valence-corrected chi connectivity index (χ0v) is 18.8. The predicted octanol–water partition coefficient (Wildman–Crippen LogP) is 4.95. The van der Waals surface area contributed by atoms with E-state index in [2.05, 4.69) is 20.8 Å². The van der Waals surface area contributed by atoms with Crippen LogP contribution in [-0.4, -0.2) is 32.9 Å². The lowest BCUT2D eigenvalue weighted by Crippen LogP contribution is -2.40. The second kappa shape index (κ2) is 8.62. The Morgan fingerprint density at radius 1 is 1.34 bits per heavy atom. The van der Waals surface area contributed by atoms with Crippen molar-refractivity contribution in [3.63, 3.8) is 0 Å². The van der Waals surface area contributed by atoms with E-state index in [0.717, 1.165) is 0 Å². The molecule has 0 aromatic heterocycles. The van der Waals surface area contributed by atoms with Crippen LogP contribution in [0.25, 0.3) is 5.57 Å². The molecular formula is C20H28FNO6Si. The molecule has 0 unspecified atom stereocenters. The summed E-state index contributed by atoms with van der Waals surface area (Å²) in [6.45, 7) is 10.5. The fourth-order valence-corrected chi connectivity index (χ4v) is 3.72. The number of hydrogen-bond donors (Lipinski definition) is 0. The van der Waals surface area contributed by atoms with Gasteiger partial charge in [0, 0.05) is 11.1 Å². The van der Waals surface area contributed by atoms with Crippen LogP contribution < -0.4 is 0 Å². The van der Waals surface area contributed by atoms with Crippen LogP contribution in [0.15, 0.2) is 17.9 Å². The first-order valence-electron chi connectivity index (χ1n) is 9.45. The summed E-state index contributed by atoms with van der Waals surface area (Å²) in [6, 6.07) is 2.93. The van der Waals surface area contributed by atoms with Crippen molar-refractivity contribution in [1.29, 1.82) is 0 Å². The third kappa shape index (κ3) is 4.84. The first-order chi connectivity index (χ1) is 13.4. The average molecular weight is 426 g/mol. The van der Waals surface area contributed by atoms with Gasteiger partial charge >= 0.3 is 11.7 Å². The van der Waals surface area contributed by atoms with E-state index in [9.17, 15) is 14.9 Å². The summed E-state index contributed by atoms with van der Waals surface area (Å²) in [7, 11) is -0.963. The van der Waals surface area contributed by atoms with Crippen LogP contribution in [-0.2, 0) is 25.3 Å². The number of nitro benzene ring substituents is 1. The van der Waals surface area contributed by atoms with Crippen LogP contribution in [0.4, 0.5) is 10.1 Å². The number of allylic oxidation sites excluding steroid dienone is 1. The summed E-state index contributed by atoms with van der Waals surface area (Å²) in [6.07, 6.45) is 0.912. The quantitative estimate of drug-likeness (QED) is 0.277. The van der Waals surface area contributed by atoms with Gasteiger partial charge < -0.3 is 13.9 Å². The molecule has 0 N–H and O–H groups in total. The minimum Gasteiger partial charge on any atom is -0.486 e. The number of halogens is 1. The number of carbonyl (C=O) groups excluding carboxylic acids is 1. The van der Waals surface area contributed by atoms with Crippen LogP contribution in [0, 0.1) is 15.9 Å². The first-order valence-corrected chi connectivity index (χ1v) is 12.4. The van der Waals surface area contributed by atoms with E-state index >= 15 is 4.39 Å². The van der Waals surface area contributed by atoms with Gasteiger partial charge in [-0.3, -0.25) is 10.1 Å². The van der Waals surface area contributed by atoms with Crippen LogP contribution in [0.1, 0.15) is 44.7 Å². The van der Waals surface area contributed by atoms with Crippen molar-refractivity contribution in [3.8, 4) is 0 Å². The van der Waals surface area contributed by atoms with Crippen molar-refractivity contribution in [2.24, 2.45) is 0 Å². The van der Waals surface area contributed by atoms with E-state index in [1.165, 1.54) is 19.2 Å². The number of nitro groups is 1. The highest BCUT2D eigenvalue weighted by Gasteiger charge is 2.38. The average Bonchev–Trinajstić information content (AvgIpc) is 2.65. The third-order valence-corrected chi connectivity index (χ3v) is 10.0. The normalized spacial score (nSPS) is 15.1. The lowest BCUT2D eigenvalue weighted by Gasteiger charge is -2.36. The number of nitrogens with zero attached hydrogens (tertiary/aromatic N) is 1. The number of esters is 1. The van der Waals surface area contributed by atoms with Gasteiger partial charge in [0.1, 0.15) is 0 Å². The summed E-state index contributed by atoms with van der Waals surface area (Å²) in [5, 5.41) is 11.6. The number of hydrogen-bond acceptors (Lipinski definition) is 6. The fraction of sp³-hybridized carbons (Fsp3) is 0.550. The molecule has 0 aliphatic carbocycles. The van der Waals surface area contributed by atoms with Gasteiger partial charge in [-0.05, 0) is 37.0 Å². The van der Waals surface area contributed by atoms with Gasteiger partial charge in [-0.15, -0.1) is 0 Å². The molecule has 0 atom stereocenters. The Bertz CT molecular complexity index is 844. The Labute approximate surface area is 171 Å². The van der Waals surface area contributed by atoms with E-state index in [4.69, 9.17) is 13.9 Å². The van der Waals surface area contributed by atoms with Gasteiger partial charge in [0.25, 0.3) is 0 Å². The number of benzene rings is 1. The molecule has 2 rings (SSSR count). The first kappa shape index (κ1) is 23.0. The Balaban J connectivity index is 2.50. The zero-order chi connectivity index (χ0) is 22.0. The molecule has 7 nitrogen and oxygen atoms in total. The molecule has 1 aromatic carbocycles. The summed E-state index contributed by atoms with van der Waals surface area (Å²) >= 11 is 0. The molecule has 1 aliphatic rings. The second-order valence-electron chi connectivity index (χ2n) is 8.49. The molecular weight excluding hydrogens is 397 g/mol. The van der Waals surface area contributed by atoms with Gasteiger partial charge in [0.05, 0.1) is 30.8 Å². The van der Waals surface area contributed by atoms with E-state index < -0.39 is 30.7 Å². The van der Waals surface area contributed by atoms with Gasteiger partial charge in [-0.1, -0.05) is 26.8 Å². The largest absolute Gasteiger partial charge is 0.486 e. The molecule has 0 saturated heterocycles. The minimum absolute atomic E-state index is 0.0312. The van der Waals surface area contributed by atoms with Crippen LogP contribution in [0.3, 0.4) is 0 Å². The SMILES string of the molecule is COC(=O)C1=C(c2ccc(CO[Si](C)(C)C(C)(C)C)c(F)c2[N+](=O)[O-])CCCO1. The molecule has 0 saturated carbocycles. The molecule has 0 fully saturated rings. The van der Waals surface area contributed by atoms with E-state index in [-0.39, 0.29) is 34.1 Å². The molecule has 9 heteroatoms. The summed E-state index contributed by atoms with van der Waals surface area (Å²) in [4.78, 5) is 22.9. The monoisotopic (exact) mass is 425 g/mol. The Morgan fingerprint density at radius 3 is 2.55 bits per heavy atom. The molecule has 1 aromatic rings. The standard InChI is InChI=1S/C20H28FNO6Si/c1-20(2,3)29(5,6)28-12-13-9-10-14(17(16(13)21)22(24)25)15-8-7-11-27-18(15)19(23)26-4/h9-10H,7-8,11-12H2,1-6H3. The van der Waals surface area contributed by atoms with Gasteiger partial charge in [0.2, 0.25) is 11.6 Å². The Hall–Kier alpha value is -2.26. The van der Waals surface area contributed by atoms with Crippen molar-refractivity contribution < 1.29 is 28.0 Å². The highest BCUT2D eigenvalue weighted by Crippen LogP contribution is 2.39. The molecule has 0 bridgehead atoms. The van der Waals surface area contributed by atoms with Gasteiger partial charge in [-0.2, -0.15) is 4.39 Å². The zero-order valence-electron chi connectivity index (χ0n) is 17.8. The lowest BCUT2D eigenvalue weighted by molar-refractivity contribution is -0.387. The van der Waals surface area contributed by atoms with Crippen molar-refractivity contribution in [3.05, 3.63) is 45.0 Å². The van der Waals surface area contributed by atoms with Crippen molar-refractivity contribution >= 4 is 25.5 Å². The molecule has 1 heterocycles. The minimum atomic E-state index is -2.16. The topological polar surface area (TPSA) is 87.9 Å². The maximum atomic E-state index is 15.1. The van der Waals surface area contributed by atoms with Crippen LogP contribution in [0.5, 0.6) is 0 Å². The smallest absolute Gasteiger partial charge is 0.373 e. The Kier molecular flexibility index (Phi) is 6.84. The molecule has 0 spiro atoms. The van der Waals surface area contributed by atoms with Gasteiger partial charge in [-0.25, -0.2) is 4.79 Å². The van der Waals surface area contributed by atoms with Crippen LogP contribution >= 0.6 is 0 Å². The fourth-order valence-electron chi connectivity index (χ4n) is 2.77. The molecule has 0 radical (unpaired) electrons. The van der Waals surface area contributed by atoms with E-state index in [0.29, 0.717) is 19.4 Å².